The van der Waals surface area contributed by atoms with Gasteiger partial charge in [-0.1, -0.05) is 5.16 Å². The quantitative estimate of drug-likeness (QED) is 0.831. The molecule has 0 unspecified atom stereocenters. The molecule has 0 saturated carbocycles. The summed E-state index contributed by atoms with van der Waals surface area (Å²) >= 11 is 0. The van der Waals surface area contributed by atoms with Gasteiger partial charge in [-0.05, 0) is 26.7 Å². The highest BCUT2D eigenvalue weighted by molar-refractivity contribution is 5.96. The van der Waals surface area contributed by atoms with Crippen LogP contribution in [0.3, 0.4) is 0 Å². The molecule has 0 aliphatic carbocycles. The van der Waals surface area contributed by atoms with Crippen LogP contribution in [0.4, 0.5) is 0 Å². The molecule has 2 aliphatic heterocycles. The molecular formula is C17H25N3O4. The second-order valence-electron chi connectivity index (χ2n) is 6.98. The lowest BCUT2D eigenvalue weighted by molar-refractivity contribution is -0.128. The van der Waals surface area contributed by atoms with E-state index in [-0.39, 0.29) is 17.2 Å². The van der Waals surface area contributed by atoms with Crippen LogP contribution in [0.25, 0.3) is 0 Å². The first-order chi connectivity index (χ1) is 11.5. The minimum Gasteiger partial charge on any atom is -0.383 e. The summed E-state index contributed by atoms with van der Waals surface area (Å²) in [5.74, 6) is 0.763. The number of amides is 2. The van der Waals surface area contributed by atoms with Crippen LogP contribution in [-0.4, -0.2) is 66.7 Å². The van der Waals surface area contributed by atoms with Crippen LogP contribution in [-0.2, 0) is 9.53 Å². The lowest BCUT2D eigenvalue weighted by Crippen LogP contribution is -2.44. The molecule has 2 amide bonds. The van der Waals surface area contributed by atoms with Crippen LogP contribution in [0.5, 0.6) is 0 Å². The lowest BCUT2D eigenvalue weighted by Gasteiger charge is -2.38. The van der Waals surface area contributed by atoms with E-state index in [0.717, 1.165) is 19.4 Å². The summed E-state index contributed by atoms with van der Waals surface area (Å²) in [4.78, 5) is 28.7. The van der Waals surface area contributed by atoms with Crippen LogP contribution in [0, 0.1) is 19.3 Å². The highest BCUT2D eigenvalue weighted by atomic mass is 16.5. The fraction of sp³-hybridized carbons (Fsp3) is 0.706. The first-order valence-corrected chi connectivity index (χ1v) is 8.45. The Morgan fingerprint density at radius 2 is 2.04 bits per heavy atom. The van der Waals surface area contributed by atoms with E-state index in [0.29, 0.717) is 49.7 Å². The molecule has 132 valence electrons. The zero-order chi connectivity index (χ0) is 17.3. The molecule has 0 atom stereocenters. The van der Waals surface area contributed by atoms with Crippen molar-refractivity contribution in [2.75, 3.05) is 39.9 Å². The average Bonchev–Trinajstić information content (AvgIpc) is 3.05. The fourth-order valence-corrected chi connectivity index (χ4v) is 3.85. The Morgan fingerprint density at radius 1 is 1.33 bits per heavy atom. The molecule has 0 N–H and O–H groups in total. The molecule has 0 bridgehead atoms. The molecular weight excluding hydrogens is 310 g/mol. The molecule has 0 radical (unpaired) electrons. The molecule has 7 nitrogen and oxygen atoms in total. The fourth-order valence-electron chi connectivity index (χ4n) is 3.85. The molecule has 3 heterocycles. The predicted molar refractivity (Wildman–Crippen MR) is 86.6 cm³/mol. The van der Waals surface area contributed by atoms with Crippen molar-refractivity contribution < 1.29 is 18.8 Å². The molecule has 24 heavy (non-hydrogen) atoms. The van der Waals surface area contributed by atoms with Crippen molar-refractivity contribution >= 4 is 11.8 Å². The zero-order valence-electron chi connectivity index (χ0n) is 14.6. The van der Waals surface area contributed by atoms with Crippen molar-refractivity contribution in [3.8, 4) is 0 Å². The van der Waals surface area contributed by atoms with Crippen molar-refractivity contribution in [3.63, 3.8) is 0 Å². The molecule has 2 fully saturated rings. The van der Waals surface area contributed by atoms with Crippen molar-refractivity contribution in [1.82, 2.24) is 15.0 Å². The summed E-state index contributed by atoms with van der Waals surface area (Å²) in [5.41, 5.74) is 1.23. The van der Waals surface area contributed by atoms with Gasteiger partial charge in [0.15, 0.2) is 0 Å². The Hall–Kier alpha value is -1.89. The van der Waals surface area contributed by atoms with Crippen LogP contribution in [0.1, 0.15) is 41.1 Å². The molecule has 2 aliphatic rings. The van der Waals surface area contributed by atoms with E-state index in [1.807, 2.05) is 9.80 Å². The zero-order valence-corrected chi connectivity index (χ0v) is 14.6. The van der Waals surface area contributed by atoms with Crippen LogP contribution in [0.15, 0.2) is 4.52 Å². The SMILES string of the molecule is COCCN1CC2(CCN(C(=O)c3c(C)noc3C)CC2)CC1=O. The summed E-state index contributed by atoms with van der Waals surface area (Å²) in [6, 6.07) is 0. The first-order valence-electron chi connectivity index (χ1n) is 8.45. The van der Waals surface area contributed by atoms with Crippen LogP contribution >= 0.6 is 0 Å². The maximum Gasteiger partial charge on any atom is 0.259 e. The molecule has 0 aromatic carbocycles. The van der Waals surface area contributed by atoms with E-state index in [1.165, 1.54) is 0 Å². The monoisotopic (exact) mass is 335 g/mol. The lowest BCUT2D eigenvalue weighted by atomic mass is 9.77. The summed E-state index contributed by atoms with van der Waals surface area (Å²) in [6.07, 6.45) is 2.30. The largest absolute Gasteiger partial charge is 0.383 e. The van der Waals surface area contributed by atoms with Crippen LogP contribution < -0.4 is 0 Å². The van der Waals surface area contributed by atoms with Crippen molar-refractivity contribution in [1.29, 1.82) is 0 Å². The van der Waals surface area contributed by atoms with E-state index < -0.39 is 0 Å². The Kier molecular flexibility index (Phi) is 4.62. The Labute approximate surface area is 141 Å². The normalized spacial score (nSPS) is 20.2. The van der Waals surface area contributed by atoms with Gasteiger partial charge in [-0.15, -0.1) is 0 Å². The Balaban J connectivity index is 1.62. The van der Waals surface area contributed by atoms with Crippen molar-refractivity contribution in [3.05, 3.63) is 17.0 Å². The molecule has 1 spiro atoms. The Bertz CT molecular complexity index is 612. The number of hydrogen-bond acceptors (Lipinski definition) is 5. The summed E-state index contributed by atoms with van der Waals surface area (Å²) in [7, 11) is 1.65. The third-order valence-electron chi connectivity index (χ3n) is 5.33. The molecule has 2 saturated heterocycles. The number of carbonyl (C=O) groups excluding carboxylic acids is 2. The maximum atomic E-state index is 12.7. The number of hydrogen-bond donors (Lipinski definition) is 0. The molecule has 1 aromatic heterocycles. The molecule has 1 aromatic rings. The minimum absolute atomic E-state index is 0.0123. The van der Waals surface area contributed by atoms with Gasteiger partial charge in [-0.3, -0.25) is 9.59 Å². The van der Waals surface area contributed by atoms with Crippen molar-refractivity contribution in [2.24, 2.45) is 5.41 Å². The summed E-state index contributed by atoms with van der Waals surface area (Å²) in [5, 5.41) is 3.87. The van der Waals surface area contributed by atoms with Crippen LogP contribution in [0.2, 0.25) is 0 Å². The Morgan fingerprint density at radius 3 is 2.62 bits per heavy atom. The van der Waals surface area contributed by atoms with Gasteiger partial charge in [-0.2, -0.15) is 0 Å². The van der Waals surface area contributed by atoms with Gasteiger partial charge in [0.05, 0.1) is 12.3 Å². The van der Waals surface area contributed by atoms with E-state index in [4.69, 9.17) is 9.26 Å². The second kappa shape index (κ2) is 6.55. The number of likely N-dealkylation sites (tertiary alicyclic amines) is 2. The van der Waals surface area contributed by atoms with E-state index in [9.17, 15) is 9.59 Å². The third-order valence-corrected chi connectivity index (χ3v) is 5.33. The number of nitrogens with zero attached hydrogens (tertiary/aromatic N) is 3. The standard InChI is InChI=1S/C17H25N3O4/c1-12-15(13(2)24-18-12)16(22)19-6-4-17(5-7-19)10-14(21)20(11-17)8-9-23-3/h4-11H2,1-3H3. The van der Waals surface area contributed by atoms with Crippen molar-refractivity contribution in [2.45, 2.75) is 33.1 Å². The number of carbonyl (C=O) groups is 2. The van der Waals surface area contributed by atoms with Gasteiger partial charge in [0.2, 0.25) is 5.91 Å². The smallest absolute Gasteiger partial charge is 0.259 e. The van der Waals surface area contributed by atoms with E-state index in [2.05, 4.69) is 5.16 Å². The number of aryl methyl sites for hydroxylation is 2. The second-order valence-corrected chi connectivity index (χ2v) is 6.98. The summed E-state index contributed by atoms with van der Waals surface area (Å²) in [6.45, 7) is 6.91. The van der Waals surface area contributed by atoms with E-state index >= 15 is 0 Å². The van der Waals surface area contributed by atoms with Gasteiger partial charge in [0.1, 0.15) is 11.3 Å². The third kappa shape index (κ3) is 3.05. The number of methoxy groups -OCH3 is 1. The molecule has 7 heteroatoms. The number of piperidine rings is 1. The maximum absolute atomic E-state index is 12.7. The van der Waals surface area contributed by atoms with Gasteiger partial charge >= 0.3 is 0 Å². The predicted octanol–water partition coefficient (Wildman–Crippen LogP) is 1.39. The molecule has 3 rings (SSSR count). The first kappa shape index (κ1) is 17.0. The van der Waals surface area contributed by atoms with Gasteiger partial charge in [0.25, 0.3) is 5.91 Å². The van der Waals surface area contributed by atoms with E-state index in [1.54, 1.807) is 21.0 Å². The van der Waals surface area contributed by atoms with Gasteiger partial charge in [0, 0.05) is 45.1 Å². The number of aromatic nitrogens is 1. The minimum atomic E-state index is -0.0123. The summed E-state index contributed by atoms with van der Waals surface area (Å²) < 4.78 is 10.2. The van der Waals surface area contributed by atoms with Gasteiger partial charge < -0.3 is 19.1 Å². The number of ether oxygens (including phenoxy) is 1. The average molecular weight is 335 g/mol. The topological polar surface area (TPSA) is 75.9 Å². The number of rotatable bonds is 4. The van der Waals surface area contributed by atoms with Gasteiger partial charge in [-0.25, -0.2) is 0 Å². The highest BCUT2D eigenvalue weighted by Crippen LogP contribution is 2.41. The highest BCUT2D eigenvalue weighted by Gasteiger charge is 2.45.